The van der Waals surface area contributed by atoms with Crippen LogP contribution in [-0.2, 0) is 14.4 Å². The molecule has 1 unspecified atom stereocenters. The Morgan fingerprint density at radius 3 is 2.38 bits per heavy atom. The molecule has 188 valence electrons. The first-order chi connectivity index (χ1) is 16.0. The van der Waals surface area contributed by atoms with Gasteiger partial charge in [-0.15, -0.1) is 10.2 Å². The Balaban J connectivity index is 1.89. The van der Waals surface area contributed by atoms with Crippen molar-refractivity contribution in [2.24, 2.45) is 11.8 Å². The summed E-state index contributed by atoms with van der Waals surface area (Å²) < 4.78 is 5.71. The van der Waals surface area contributed by atoms with Crippen molar-refractivity contribution in [3.8, 4) is 11.8 Å². The Kier molecular flexibility index (Phi) is 11.1. The van der Waals surface area contributed by atoms with Crippen LogP contribution in [-0.4, -0.2) is 64.8 Å². The fourth-order valence-electron chi connectivity index (χ4n) is 3.71. The first-order valence-electron chi connectivity index (χ1n) is 11.8. The van der Waals surface area contributed by atoms with Crippen LogP contribution in [0.2, 0.25) is 0 Å². The van der Waals surface area contributed by atoms with Crippen molar-refractivity contribution in [2.75, 3.05) is 20.6 Å². The molecular weight excluding hydrogens is 454 g/mol. The minimum Gasteiger partial charge on any atom is -0.415 e. The number of hydrogen-bond donors (Lipinski definition) is 2. The topological polar surface area (TPSA) is 117 Å². The van der Waals surface area contributed by atoms with E-state index in [-0.39, 0.29) is 40.8 Å². The number of aromatic nitrogens is 2. The second-order valence-corrected chi connectivity index (χ2v) is 11.2. The minimum atomic E-state index is -0.672. The number of nitrogens with one attached hydrogen (secondary N) is 2. The minimum absolute atomic E-state index is 0.00938. The molecule has 0 aliphatic heterocycles. The van der Waals surface area contributed by atoms with Crippen LogP contribution < -0.4 is 10.6 Å². The van der Waals surface area contributed by atoms with Crippen LogP contribution in [0, 0.1) is 23.7 Å². The van der Waals surface area contributed by atoms with E-state index in [9.17, 15) is 14.4 Å². The first kappa shape index (κ1) is 27.9. The van der Waals surface area contributed by atoms with E-state index in [0.717, 1.165) is 0 Å². The lowest BCUT2D eigenvalue weighted by atomic mass is 9.85. The van der Waals surface area contributed by atoms with E-state index < -0.39 is 11.8 Å². The molecule has 3 amide bonds. The summed E-state index contributed by atoms with van der Waals surface area (Å²) in [5, 5.41) is 14.3. The lowest BCUT2D eigenvalue weighted by Crippen LogP contribution is -2.43. The standard InChI is InChI=1S/C24H37N5O4S/c1-15(2)14-19(23-27-28-24(33-23)34-16(3)4)22(32)26-21(31)17-9-11-18(12-10-17)25-20(30)8-7-13-29(5)6/h15-19H,9-14H2,1-6H3,(H,25,30)(H,26,31,32). The average Bonchev–Trinajstić information content (AvgIpc) is 3.19. The molecule has 0 spiro atoms. The summed E-state index contributed by atoms with van der Waals surface area (Å²) in [4.78, 5) is 39.6. The van der Waals surface area contributed by atoms with Gasteiger partial charge in [-0.25, -0.2) is 0 Å². The van der Waals surface area contributed by atoms with Crippen LogP contribution in [0.15, 0.2) is 9.64 Å². The highest BCUT2D eigenvalue weighted by Crippen LogP contribution is 2.29. The van der Waals surface area contributed by atoms with Gasteiger partial charge in [0.2, 0.25) is 17.7 Å². The highest BCUT2D eigenvalue weighted by atomic mass is 32.2. The molecule has 2 N–H and O–H groups in total. The first-order valence-corrected chi connectivity index (χ1v) is 12.7. The molecule has 9 nitrogen and oxygen atoms in total. The van der Waals surface area contributed by atoms with Crippen LogP contribution in [0.25, 0.3) is 0 Å². The molecule has 1 atom stereocenters. The number of rotatable bonds is 9. The predicted octanol–water partition coefficient (Wildman–Crippen LogP) is 2.58. The van der Waals surface area contributed by atoms with Crippen molar-refractivity contribution in [1.29, 1.82) is 0 Å². The van der Waals surface area contributed by atoms with Crippen molar-refractivity contribution in [3.05, 3.63) is 5.89 Å². The third-order valence-corrected chi connectivity index (χ3v) is 6.20. The molecule has 1 aliphatic carbocycles. The number of thioether (sulfide) groups is 1. The van der Waals surface area contributed by atoms with Gasteiger partial charge < -0.3 is 9.73 Å². The second kappa shape index (κ2) is 13.5. The number of amides is 3. The molecule has 2 rings (SSSR count). The maximum atomic E-state index is 13.0. The smallest absolute Gasteiger partial charge is 0.296 e. The Bertz CT molecular complexity index is 895. The molecule has 1 aromatic rings. The Hall–Kier alpha value is -2.38. The van der Waals surface area contributed by atoms with E-state index in [1.165, 1.54) is 11.8 Å². The summed E-state index contributed by atoms with van der Waals surface area (Å²) in [5.41, 5.74) is 0. The quantitative estimate of drug-likeness (QED) is 0.400. The van der Waals surface area contributed by atoms with E-state index >= 15 is 0 Å². The summed E-state index contributed by atoms with van der Waals surface area (Å²) in [6.07, 6.45) is 3.03. The van der Waals surface area contributed by atoms with Crippen molar-refractivity contribution in [3.63, 3.8) is 0 Å². The number of hydrogen-bond acceptors (Lipinski definition) is 8. The molecule has 1 heterocycles. The highest BCUT2D eigenvalue weighted by Gasteiger charge is 2.32. The molecule has 1 aliphatic rings. The van der Waals surface area contributed by atoms with Crippen molar-refractivity contribution in [2.45, 2.75) is 82.2 Å². The fraction of sp³-hybridized carbons (Fsp3) is 0.708. The SMILES string of the molecule is CC(C)CC(C(=O)NC(=O)C1CCC(NC(=O)C#CCN(C)C)CC1)c1nnc(SC(C)C)o1. The van der Waals surface area contributed by atoms with E-state index in [1.54, 1.807) is 0 Å². The molecule has 0 aromatic carbocycles. The van der Waals surface area contributed by atoms with E-state index in [1.807, 2.05) is 46.7 Å². The highest BCUT2D eigenvalue weighted by molar-refractivity contribution is 7.99. The third kappa shape index (κ3) is 9.47. The predicted molar refractivity (Wildman–Crippen MR) is 131 cm³/mol. The van der Waals surface area contributed by atoms with Crippen molar-refractivity contribution >= 4 is 29.5 Å². The van der Waals surface area contributed by atoms with Gasteiger partial charge in [-0.2, -0.15) is 0 Å². The number of carbonyl (C=O) groups excluding carboxylic acids is 3. The van der Waals surface area contributed by atoms with E-state index in [4.69, 9.17) is 4.42 Å². The molecule has 34 heavy (non-hydrogen) atoms. The van der Waals surface area contributed by atoms with Crippen LogP contribution in [0.5, 0.6) is 0 Å². The van der Waals surface area contributed by atoms with Gasteiger partial charge in [0.15, 0.2) is 0 Å². The summed E-state index contributed by atoms with van der Waals surface area (Å²) in [5.74, 6) is 3.92. The lowest BCUT2D eigenvalue weighted by Gasteiger charge is -2.28. The van der Waals surface area contributed by atoms with Gasteiger partial charge in [0.05, 0.1) is 6.54 Å². The number of nitrogens with zero attached hydrogens (tertiary/aromatic N) is 3. The van der Waals surface area contributed by atoms with Crippen LogP contribution >= 0.6 is 11.8 Å². The zero-order valence-electron chi connectivity index (χ0n) is 21.0. The molecule has 1 aromatic heterocycles. The van der Waals surface area contributed by atoms with Gasteiger partial charge in [-0.1, -0.05) is 45.4 Å². The van der Waals surface area contributed by atoms with Gasteiger partial charge in [0.25, 0.3) is 11.1 Å². The molecular formula is C24H37N5O4S. The zero-order valence-corrected chi connectivity index (χ0v) is 21.8. The molecule has 1 fully saturated rings. The normalized spacial score (nSPS) is 19.0. The van der Waals surface area contributed by atoms with Crippen molar-refractivity contribution in [1.82, 2.24) is 25.7 Å². The van der Waals surface area contributed by atoms with Gasteiger partial charge >= 0.3 is 0 Å². The lowest BCUT2D eigenvalue weighted by molar-refractivity contribution is -0.134. The molecule has 0 bridgehead atoms. The summed E-state index contributed by atoms with van der Waals surface area (Å²) in [7, 11) is 3.78. The largest absolute Gasteiger partial charge is 0.415 e. The second-order valence-electron chi connectivity index (χ2n) is 9.67. The summed E-state index contributed by atoms with van der Waals surface area (Å²) in [6, 6.07) is -0.00938. The van der Waals surface area contributed by atoms with Gasteiger partial charge in [0.1, 0.15) is 5.92 Å². The fourth-order valence-corrected chi connectivity index (χ4v) is 4.34. The zero-order chi connectivity index (χ0) is 25.3. The average molecular weight is 492 g/mol. The third-order valence-electron chi connectivity index (χ3n) is 5.36. The number of imide groups is 1. The van der Waals surface area contributed by atoms with Gasteiger partial charge in [-0.3, -0.25) is 24.6 Å². The van der Waals surface area contributed by atoms with Crippen LogP contribution in [0.4, 0.5) is 0 Å². The van der Waals surface area contributed by atoms with Crippen LogP contribution in [0.3, 0.4) is 0 Å². The van der Waals surface area contributed by atoms with Gasteiger partial charge in [0, 0.05) is 17.2 Å². The maximum Gasteiger partial charge on any atom is 0.296 e. The molecule has 10 heteroatoms. The number of carbonyl (C=O) groups is 3. The summed E-state index contributed by atoms with van der Waals surface area (Å²) >= 11 is 1.43. The summed E-state index contributed by atoms with van der Waals surface area (Å²) in [6.45, 7) is 8.56. The molecule has 0 radical (unpaired) electrons. The Labute approximate surface area is 206 Å². The molecule has 0 saturated heterocycles. The maximum absolute atomic E-state index is 13.0. The van der Waals surface area contributed by atoms with E-state index in [2.05, 4.69) is 32.7 Å². The van der Waals surface area contributed by atoms with E-state index in [0.29, 0.717) is 43.9 Å². The Morgan fingerprint density at radius 2 is 1.79 bits per heavy atom. The van der Waals surface area contributed by atoms with Crippen LogP contribution in [0.1, 0.15) is 71.6 Å². The van der Waals surface area contributed by atoms with Gasteiger partial charge in [-0.05, 0) is 58.0 Å². The molecule has 1 saturated carbocycles. The Morgan fingerprint density at radius 1 is 1.12 bits per heavy atom. The van der Waals surface area contributed by atoms with Crippen molar-refractivity contribution < 1.29 is 18.8 Å². The monoisotopic (exact) mass is 491 g/mol.